The van der Waals surface area contributed by atoms with Gasteiger partial charge < -0.3 is 5.73 Å². The molecule has 2 aromatic rings. The molecule has 0 fully saturated rings. The van der Waals surface area contributed by atoms with Crippen LogP contribution in [-0.2, 0) is 0 Å². The number of nitrogen functional groups attached to an aromatic ring is 1. The maximum absolute atomic E-state index is 10.8. The molecule has 1 heterocycles. The number of aromatic nitrogens is 2. The predicted molar refractivity (Wildman–Crippen MR) is 68.8 cm³/mol. The van der Waals surface area contributed by atoms with Gasteiger partial charge in [0.05, 0.1) is 16.3 Å². The number of nitrogens with zero attached hydrogens (tertiary/aromatic N) is 3. The largest absolute Gasteiger partial charge is 0.398 e. The van der Waals surface area contributed by atoms with Crippen LogP contribution < -0.4 is 5.73 Å². The zero-order chi connectivity index (χ0) is 13.4. The summed E-state index contributed by atoms with van der Waals surface area (Å²) in [6.45, 7) is 5.79. The number of nitrogens with two attached hydrogens (primary N) is 1. The Morgan fingerprint density at radius 3 is 2.44 bits per heavy atom. The number of rotatable bonds is 2. The maximum Gasteiger partial charge on any atom is 0.273 e. The van der Waals surface area contributed by atoms with Crippen molar-refractivity contribution < 1.29 is 4.92 Å². The highest BCUT2D eigenvalue weighted by Crippen LogP contribution is 2.23. The Morgan fingerprint density at radius 1 is 1.28 bits per heavy atom. The Labute approximate surface area is 104 Å². The highest BCUT2D eigenvalue weighted by atomic mass is 16.6. The Morgan fingerprint density at radius 2 is 1.94 bits per heavy atom. The number of benzene rings is 1. The summed E-state index contributed by atoms with van der Waals surface area (Å²) in [5.41, 5.74) is 9.53. The Hall–Kier alpha value is -2.37. The fraction of sp³-hybridized carbons (Fsp3) is 0.250. The molecule has 0 saturated heterocycles. The number of hydrogen-bond donors (Lipinski definition) is 1. The molecule has 18 heavy (non-hydrogen) atoms. The monoisotopic (exact) mass is 246 g/mol. The van der Waals surface area contributed by atoms with E-state index < -0.39 is 4.92 Å². The van der Waals surface area contributed by atoms with Crippen LogP contribution in [0.15, 0.2) is 18.2 Å². The number of nitro groups is 1. The fourth-order valence-corrected chi connectivity index (χ4v) is 1.82. The van der Waals surface area contributed by atoms with Gasteiger partial charge in [0.1, 0.15) is 0 Å². The molecule has 6 heteroatoms. The van der Waals surface area contributed by atoms with E-state index in [4.69, 9.17) is 5.73 Å². The lowest BCUT2D eigenvalue weighted by Crippen LogP contribution is -2.02. The van der Waals surface area contributed by atoms with Crippen molar-refractivity contribution in [2.75, 3.05) is 5.73 Å². The van der Waals surface area contributed by atoms with Gasteiger partial charge in [-0.15, -0.1) is 0 Å². The highest BCUT2D eigenvalue weighted by Gasteiger charge is 2.13. The molecular weight excluding hydrogens is 232 g/mol. The third-order valence-electron chi connectivity index (χ3n) is 3.03. The van der Waals surface area contributed by atoms with Gasteiger partial charge in [0.25, 0.3) is 5.69 Å². The van der Waals surface area contributed by atoms with Crippen LogP contribution >= 0.6 is 0 Å². The summed E-state index contributed by atoms with van der Waals surface area (Å²) < 4.78 is 1.67. The number of aryl methyl sites for hydroxylation is 1. The van der Waals surface area contributed by atoms with Crippen molar-refractivity contribution in [1.29, 1.82) is 0 Å². The van der Waals surface area contributed by atoms with Crippen molar-refractivity contribution in [3.63, 3.8) is 0 Å². The van der Waals surface area contributed by atoms with Crippen molar-refractivity contribution in [1.82, 2.24) is 9.78 Å². The molecule has 94 valence electrons. The zero-order valence-electron chi connectivity index (χ0n) is 10.5. The Balaban J connectivity index is 2.63. The van der Waals surface area contributed by atoms with E-state index in [0.717, 1.165) is 17.0 Å². The minimum absolute atomic E-state index is 0.0322. The van der Waals surface area contributed by atoms with Gasteiger partial charge in [-0.05, 0) is 32.4 Å². The summed E-state index contributed by atoms with van der Waals surface area (Å²) in [4.78, 5) is 10.4. The van der Waals surface area contributed by atoms with Gasteiger partial charge in [-0.1, -0.05) is 0 Å². The molecule has 0 bridgehead atoms. The minimum Gasteiger partial charge on any atom is -0.398 e. The first-order chi connectivity index (χ1) is 8.40. The van der Waals surface area contributed by atoms with Crippen LogP contribution in [-0.4, -0.2) is 14.7 Å². The van der Waals surface area contributed by atoms with Crippen LogP contribution in [0.1, 0.15) is 17.0 Å². The van der Waals surface area contributed by atoms with E-state index in [0.29, 0.717) is 11.4 Å². The number of anilines is 1. The summed E-state index contributed by atoms with van der Waals surface area (Å²) in [5.74, 6) is 0. The topological polar surface area (TPSA) is 87.0 Å². The highest BCUT2D eigenvalue weighted by molar-refractivity contribution is 5.56. The molecule has 2 rings (SSSR count). The van der Waals surface area contributed by atoms with Gasteiger partial charge >= 0.3 is 0 Å². The van der Waals surface area contributed by atoms with Gasteiger partial charge in [-0.3, -0.25) is 10.1 Å². The SMILES string of the molecule is Cc1nn(-c2cc(N)cc([N+](=O)[O-])c2)c(C)c1C. The van der Waals surface area contributed by atoms with Gasteiger partial charge in [-0.2, -0.15) is 5.10 Å². The molecule has 6 nitrogen and oxygen atoms in total. The van der Waals surface area contributed by atoms with Crippen molar-refractivity contribution in [2.45, 2.75) is 20.8 Å². The van der Waals surface area contributed by atoms with Gasteiger partial charge in [0.15, 0.2) is 0 Å². The maximum atomic E-state index is 10.8. The van der Waals surface area contributed by atoms with Crippen LogP contribution in [0.25, 0.3) is 5.69 Å². The van der Waals surface area contributed by atoms with E-state index in [1.54, 1.807) is 10.7 Å². The second kappa shape index (κ2) is 4.14. The summed E-state index contributed by atoms with van der Waals surface area (Å²) in [5, 5.41) is 15.2. The smallest absolute Gasteiger partial charge is 0.273 e. The minimum atomic E-state index is -0.460. The second-order valence-corrected chi connectivity index (χ2v) is 4.25. The van der Waals surface area contributed by atoms with Crippen LogP contribution in [0.3, 0.4) is 0 Å². The summed E-state index contributed by atoms with van der Waals surface area (Å²) in [6.07, 6.45) is 0. The Bertz CT molecular complexity index is 631. The lowest BCUT2D eigenvalue weighted by Gasteiger charge is -2.05. The Kier molecular flexibility index (Phi) is 2.78. The van der Waals surface area contributed by atoms with Crippen LogP contribution in [0.4, 0.5) is 11.4 Å². The average molecular weight is 246 g/mol. The molecule has 1 aromatic heterocycles. The van der Waals surface area contributed by atoms with Crippen LogP contribution in [0.5, 0.6) is 0 Å². The molecule has 2 N–H and O–H groups in total. The van der Waals surface area contributed by atoms with E-state index in [1.807, 2.05) is 20.8 Å². The molecule has 1 aromatic carbocycles. The molecule has 0 aliphatic rings. The molecule has 0 radical (unpaired) electrons. The van der Waals surface area contributed by atoms with Crippen molar-refractivity contribution in [3.8, 4) is 5.69 Å². The van der Waals surface area contributed by atoms with E-state index in [1.165, 1.54) is 12.1 Å². The van der Waals surface area contributed by atoms with Gasteiger partial charge in [0, 0.05) is 23.5 Å². The lowest BCUT2D eigenvalue weighted by molar-refractivity contribution is -0.384. The molecule has 0 unspecified atom stereocenters. The predicted octanol–water partition coefficient (Wildman–Crippen LogP) is 2.29. The number of hydrogen-bond acceptors (Lipinski definition) is 4. The summed E-state index contributed by atoms with van der Waals surface area (Å²) in [6, 6.07) is 4.48. The second-order valence-electron chi connectivity index (χ2n) is 4.25. The van der Waals surface area contributed by atoms with E-state index in [9.17, 15) is 10.1 Å². The zero-order valence-corrected chi connectivity index (χ0v) is 10.5. The lowest BCUT2D eigenvalue weighted by atomic mass is 10.2. The third-order valence-corrected chi connectivity index (χ3v) is 3.03. The summed E-state index contributed by atoms with van der Waals surface area (Å²) in [7, 11) is 0. The molecule has 0 aliphatic carbocycles. The number of nitro benzene ring substituents is 1. The quantitative estimate of drug-likeness (QED) is 0.500. The molecule has 0 saturated carbocycles. The van der Waals surface area contributed by atoms with E-state index in [-0.39, 0.29) is 5.69 Å². The van der Waals surface area contributed by atoms with Crippen LogP contribution in [0, 0.1) is 30.9 Å². The first kappa shape index (κ1) is 12.1. The van der Waals surface area contributed by atoms with Gasteiger partial charge in [0.2, 0.25) is 0 Å². The first-order valence-electron chi connectivity index (χ1n) is 5.48. The fourth-order valence-electron chi connectivity index (χ4n) is 1.82. The standard InChI is InChI=1S/C12H14N4O2/c1-7-8(2)14-15(9(7)3)11-4-10(13)5-12(6-11)16(17)18/h4-6H,13H2,1-3H3. The molecule has 0 atom stereocenters. The molecule has 0 amide bonds. The van der Waals surface area contributed by atoms with Crippen molar-refractivity contribution in [2.24, 2.45) is 0 Å². The first-order valence-corrected chi connectivity index (χ1v) is 5.48. The average Bonchev–Trinajstić information content (AvgIpc) is 2.56. The molecule has 0 spiro atoms. The normalized spacial score (nSPS) is 10.6. The van der Waals surface area contributed by atoms with Crippen molar-refractivity contribution >= 4 is 11.4 Å². The van der Waals surface area contributed by atoms with E-state index >= 15 is 0 Å². The van der Waals surface area contributed by atoms with Crippen molar-refractivity contribution in [3.05, 3.63) is 45.3 Å². The molecular formula is C12H14N4O2. The molecule has 0 aliphatic heterocycles. The number of non-ortho nitro benzene ring substituents is 1. The third kappa shape index (κ3) is 1.92. The van der Waals surface area contributed by atoms with Gasteiger partial charge in [-0.25, -0.2) is 4.68 Å². The van der Waals surface area contributed by atoms with Crippen LogP contribution in [0.2, 0.25) is 0 Å². The van der Waals surface area contributed by atoms with E-state index in [2.05, 4.69) is 5.10 Å². The summed E-state index contributed by atoms with van der Waals surface area (Å²) >= 11 is 0.